The van der Waals surface area contributed by atoms with Crippen LogP contribution in [0, 0.1) is 10.1 Å². The Hall–Kier alpha value is -3.25. The van der Waals surface area contributed by atoms with E-state index in [2.05, 4.69) is 11.1 Å². The number of nitro benzene ring substituents is 1. The maximum Gasteiger partial charge on any atom is 0.276 e. The maximum absolute atomic E-state index is 11.1. The summed E-state index contributed by atoms with van der Waals surface area (Å²) >= 11 is 1.64. The average Bonchev–Trinajstić information content (AvgIpc) is 3.11. The zero-order valence-corrected chi connectivity index (χ0v) is 14.5. The van der Waals surface area contributed by atoms with Crippen molar-refractivity contribution in [3.8, 4) is 16.3 Å². The molecule has 0 N–H and O–H groups in total. The Morgan fingerprint density at radius 2 is 1.69 bits per heavy atom. The van der Waals surface area contributed by atoms with Crippen molar-refractivity contribution in [2.24, 2.45) is 0 Å². The molecule has 6 heteroatoms. The molecule has 0 bridgehead atoms. The molecule has 0 amide bonds. The van der Waals surface area contributed by atoms with Gasteiger partial charge in [0, 0.05) is 11.6 Å². The summed E-state index contributed by atoms with van der Waals surface area (Å²) in [6.45, 7) is 0.150. The first-order chi connectivity index (χ1) is 12.7. The van der Waals surface area contributed by atoms with Gasteiger partial charge in [0.25, 0.3) is 5.69 Å². The SMILES string of the molecule is O=[N+]([O-])c1ccccc1COc1ccc(-c2nc3ccccc3s2)cc1. The van der Waals surface area contributed by atoms with Gasteiger partial charge in [-0.25, -0.2) is 4.98 Å². The summed E-state index contributed by atoms with van der Waals surface area (Å²) in [6, 6.07) is 22.3. The van der Waals surface area contributed by atoms with Gasteiger partial charge >= 0.3 is 0 Å². The molecular formula is C20H14N2O3S. The second-order valence-electron chi connectivity index (χ2n) is 5.69. The minimum atomic E-state index is -0.394. The van der Waals surface area contributed by atoms with Gasteiger partial charge in [0.1, 0.15) is 17.4 Å². The third kappa shape index (κ3) is 3.27. The number of para-hydroxylation sites is 2. The lowest BCUT2D eigenvalue weighted by molar-refractivity contribution is -0.385. The molecule has 4 rings (SSSR count). The fourth-order valence-corrected chi connectivity index (χ4v) is 3.63. The molecule has 0 saturated heterocycles. The molecule has 5 nitrogen and oxygen atoms in total. The summed E-state index contributed by atoms with van der Waals surface area (Å²) in [6.07, 6.45) is 0. The average molecular weight is 362 g/mol. The van der Waals surface area contributed by atoms with Gasteiger partial charge in [-0.1, -0.05) is 24.3 Å². The van der Waals surface area contributed by atoms with Crippen molar-refractivity contribution in [2.75, 3.05) is 0 Å². The maximum atomic E-state index is 11.1. The molecule has 1 aromatic heterocycles. The van der Waals surface area contributed by atoms with Crippen LogP contribution in [0.4, 0.5) is 5.69 Å². The Morgan fingerprint density at radius 1 is 0.962 bits per heavy atom. The summed E-state index contributed by atoms with van der Waals surface area (Å²) in [5, 5.41) is 12.0. The number of aromatic nitrogens is 1. The van der Waals surface area contributed by atoms with E-state index in [1.165, 1.54) is 6.07 Å². The number of thiazole rings is 1. The van der Waals surface area contributed by atoms with Gasteiger partial charge in [-0.3, -0.25) is 10.1 Å². The first-order valence-corrected chi connectivity index (χ1v) is 8.83. The second-order valence-corrected chi connectivity index (χ2v) is 6.72. The monoisotopic (exact) mass is 362 g/mol. The smallest absolute Gasteiger partial charge is 0.276 e. The predicted octanol–water partition coefficient (Wildman–Crippen LogP) is 5.45. The highest BCUT2D eigenvalue weighted by Gasteiger charge is 2.12. The van der Waals surface area contributed by atoms with Crippen molar-refractivity contribution in [1.29, 1.82) is 0 Å². The number of hydrogen-bond acceptors (Lipinski definition) is 5. The summed E-state index contributed by atoms with van der Waals surface area (Å²) in [7, 11) is 0. The van der Waals surface area contributed by atoms with Crippen LogP contribution < -0.4 is 4.74 Å². The number of fused-ring (bicyclic) bond motifs is 1. The van der Waals surface area contributed by atoms with Crippen molar-refractivity contribution < 1.29 is 9.66 Å². The van der Waals surface area contributed by atoms with Gasteiger partial charge in [-0.2, -0.15) is 0 Å². The lowest BCUT2D eigenvalue weighted by atomic mass is 10.2. The number of ether oxygens (including phenoxy) is 1. The fourth-order valence-electron chi connectivity index (χ4n) is 2.66. The molecule has 1 heterocycles. The van der Waals surface area contributed by atoms with Gasteiger partial charge < -0.3 is 4.74 Å². The van der Waals surface area contributed by atoms with Crippen molar-refractivity contribution in [3.05, 3.63) is 88.5 Å². The van der Waals surface area contributed by atoms with Gasteiger partial charge in [-0.15, -0.1) is 11.3 Å². The van der Waals surface area contributed by atoms with Crippen LogP contribution in [0.25, 0.3) is 20.8 Å². The van der Waals surface area contributed by atoms with Crippen LogP contribution in [0.5, 0.6) is 5.75 Å². The van der Waals surface area contributed by atoms with Crippen molar-refractivity contribution in [1.82, 2.24) is 4.98 Å². The molecule has 26 heavy (non-hydrogen) atoms. The van der Waals surface area contributed by atoms with E-state index in [-0.39, 0.29) is 12.3 Å². The van der Waals surface area contributed by atoms with Gasteiger partial charge in [-0.05, 0) is 42.5 Å². The Morgan fingerprint density at radius 3 is 2.46 bits per heavy atom. The molecule has 0 aliphatic carbocycles. The molecular weight excluding hydrogens is 348 g/mol. The molecule has 0 aliphatic rings. The van der Waals surface area contributed by atoms with E-state index in [9.17, 15) is 10.1 Å². The number of nitro groups is 1. The lowest BCUT2D eigenvalue weighted by Crippen LogP contribution is -2.00. The largest absolute Gasteiger partial charge is 0.489 e. The molecule has 4 aromatic rings. The Balaban J connectivity index is 1.51. The van der Waals surface area contributed by atoms with Crippen LogP contribution >= 0.6 is 11.3 Å². The van der Waals surface area contributed by atoms with E-state index in [4.69, 9.17) is 4.74 Å². The topological polar surface area (TPSA) is 65.3 Å². The molecule has 128 valence electrons. The number of benzene rings is 3. The molecule has 0 radical (unpaired) electrons. The third-order valence-corrected chi connectivity index (χ3v) is 5.06. The first kappa shape index (κ1) is 16.2. The first-order valence-electron chi connectivity index (χ1n) is 8.02. The van der Waals surface area contributed by atoms with E-state index in [0.717, 1.165) is 20.8 Å². The summed E-state index contributed by atoms with van der Waals surface area (Å²) in [5.74, 6) is 0.660. The number of hydrogen-bond donors (Lipinski definition) is 0. The molecule has 0 atom stereocenters. The molecule has 0 unspecified atom stereocenters. The van der Waals surface area contributed by atoms with Gasteiger partial charge in [0.2, 0.25) is 0 Å². The van der Waals surface area contributed by atoms with Gasteiger partial charge in [0.05, 0.1) is 20.7 Å². The predicted molar refractivity (Wildman–Crippen MR) is 102 cm³/mol. The Labute approximate surface area is 153 Å². The van der Waals surface area contributed by atoms with E-state index < -0.39 is 4.92 Å². The second kappa shape index (κ2) is 6.93. The Bertz CT molecular complexity index is 1040. The third-order valence-electron chi connectivity index (χ3n) is 3.98. The van der Waals surface area contributed by atoms with Crippen LogP contribution in [0.3, 0.4) is 0 Å². The zero-order valence-electron chi connectivity index (χ0n) is 13.7. The molecule has 3 aromatic carbocycles. The minimum absolute atomic E-state index is 0.0681. The standard InChI is InChI=1S/C20H14N2O3S/c23-22(24)18-7-3-1-5-15(18)13-25-16-11-9-14(10-12-16)20-21-17-6-2-4-8-19(17)26-20/h1-12H,13H2. The van der Waals surface area contributed by atoms with Crippen molar-refractivity contribution in [2.45, 2.75) is 6.61 Å². The highest BCUT2D eigenvalue weighted by molar-refractivity contribution is 7.21. The minimum Gasteiger partial charge on any atom is -0.489 e. The van der Waals surface area contributed by atoms with E-state index >= 15 is 0 Å². The highest BCUT2D eigenvalue weighted by atomic mass is 32.1. The van der Waals surface area contributed by atoms with Crippen LogP contribution in [0.2, 0.25) is 0 Å². The highest BCUT2D eigenvalue weighted by Crippen LogP contribution is 2.31. The zero-order chi connectivity index (χ0) is 17.9. The Kier molecular flexibility index (Phi) is 4.33. The summed E-state index contributed by atoms with van der Waals surface area (Å²) < 4.78 is 6.86. The molecule has 0 spiro atoms. The van der Waals surface area contributed by atoms with Gasteiger partial charge in [0.15, 0.2) is 0 Å². The molecule has 0 fully saturated rings. The quantitative estimate of drug-likeness (QED) is 0.350. The van der Waals surface area contributed by atoms with E-state index in [1.807, 2.05) is 42.5 Å². The number of nitrogens with zero attached hydrogens (tertiary/aromatic N) is 2. The normalized spacial score (nSPS) is 10.8. The number of rotatable bonds is 5. The van der Waals surface area contributed by atoms with E-state index in [0.29, 0.717) is 11.3 Å². The van der Waals surface area contributed by atoms with Crippen LogP contribution in [0.1, 0.15) is 5.56 Å². The van der Waals surface area contributed by atoms with E-state index in [1.54, 1.807) is 29.5 Å². The fraction of sp³-hybridized carbons (Fsp3) is 0.0500. The van der Waals surface area contributed by atoms with Crippen molar-refractivity contribution in [3.63, 3.8) is 0 Å². The van der Waals surface area contributed by atoms with Crippen LogP contribution in [-0.2, 0) is 6.61 Å². The molecule has 0 aliphatic heterocycles. The van der Waals surface area contributed by atoms with Crippen LogP contribution in [0.15, 0.2) is 72.8 Å². The summed E-state index contributed by atoms with van der Waals surface area (Å²) in [5.41, 5.74) is 2.62. The van der Waals surface area contributed by atoms with Crippen LogP contribution in [-0.4, -0.2) is 9.91 Å². The molecule has 0 saturated carbocycles. The lowest BCUT2D eigenvalue weighted by Gasteiger charge is -2.07. The summed E-state index contributed by atoms with van der Waals surface area (Å²) in [4.78, 5) is 15.3. The van der Waals surface area contributed by atoms with Crippen molar-refractivity contribution >= 4 is 27.2 Å².